The highest BCUT2D eigenvalue weighted by atomic mass is 16.6. The van der Waals surface area contributed by atoms with Crippen molar-refractivity contribution in [1.82, 2.24) is 10.2 Å². The van der Waals surface area contributed by atoms with Crippen molar-refractivity contribution >= 4 is 23.6 Å². The zero-order valence-corrected chi connectivity index (χ0v) is 22.9. The molecule has 2 aromatic rings. The van der Waals surface area contributed by atoms with E-state index in [-0.39, 0.29) is 6.54 Å². The fraction of sp³-hybridized carbons (Fsp3) is 0.433. The SMILES string of the molecule is C#Cc1ccccc1C(C(=O)Nc1ccccc1C)N(CCCCC)C(=O)C(CO)NC(=O)OC(C)(C)C. The van der Waals surface area contributed by atoms with Gasteiger partial charge in [0.1, 0.15) is 17.7 Å². The second-order valence-electron chi connectivity index (χ2n) is 10.1. The van der Waals surface area contributed by atoms with Crippen LogP contribution in [0.2, 0.25) is 0 Å². The number of aliphatic hydroxyl groups is 1. The van der Waals surface area contributed by atoms with Gasteiger partial charge in [0.25, 0.3) is 5.91 Å². The van der Waals surface area contributed by atoms with Gasteiger partial charge in [-0.15, -0.1) is 6.42 Å². The number of hydrogen-bond acceptors (Lipinski definition) is 5. The average Bonchev–Trinajstić information content (AvgIpc) is 2.86. The lowest BCUT2D eigenvalue weighted by molar-refractivity contribution is -0.141. The maximum atomic E-state index is 13.9. The molecule has 38 heavy (non-hydrogen) atoms. The van der Waals surface area contributed by atoms with E-state index in [2.05, 4.69) is 16.6 Å². The largest absolute Gasteiger partial charge is 0.444 e. The fourth-order valence-corrected chi connectivity index (χ4v) is 3.97. The predicted octanol–water partition coefficient (Wildman–Crippen LogP) is 4.56. The molecule has 3 amide bonds. The number of aryl methyl sites for hydroxylation is 1. The minimum Gasteiger partial charge on any atom is -0.444 e. The van der Waals surface area contributed by atoms with E-state index >= 15 is 0 Å². The zero-order valence-electron chi connectivity index (χ0n) is 22.9. The number of para-hydroxylation sites is 1. The number of nitrogens with zero attached hydrogens (tertiary/aromatic N) is 1. The molecular formula is C30H39N3O5. The van der Waals surface area contributed by atoms with Crippen molar-refractivity contribution in [2.75, 3.05) is 18.5 Å². The number of ether oxygens (including phenoxy) is 1. The monoisotopic (exact) mass is 521 g/mol. The molecule has 8 nitrogen and oxygen atoms in total. The van der Waals surface area contributed by atoms with Crippen molar-refractivity contribution in [2.45, 2.75) is 71.6 Å². The molecule has 2 unspecified atom stereocenters. The van der Waals surface area contributed by atoms with Crippen LogP contribution in [0.3, 0.4) is 0 Å². The summed E-state index contributed by atoms with van der Waals surface area (Å²) in [6.45, 7) is 8.53. The third kappa shape index (κ3) is 8.63. The van der Waals surface area contributed by atoms with E-state index in [1.54, 1.807) is 51.1 Å². The van der Waals surface area contributed by atoms with Crippen molar-refractivity contribution in [3.05, 3.63) is 65.2 Å². The van der Waals surface area contributed by atoms with Crippen LogP contribution in [-0.4, -0.2) is 52.7 Å². The standard InChI is InChI=1S/C30H39N3O5/c1-7-9-14-19-33(28(36)25(20-34)32-29(37)38-30(4,5)6)26(23-17-12-11-16-22(23)8-2)27(35)31-24-18-13-10-15-21(24)3/h2,10-13,15-18,25-26,34H,7,9,14,19-20H2,1,3-6H3,(H,31,35)(H,32,37). The first-order chi connectivity index (χ1) is 18.0. The van der Waals surface area contributed by atoms with Gasteiger partial charge in [0, 0.05) is 17.8 Å². The first-order valence-electron chi connectivity index (χ1n) is 12.8. The molecule has 0 aromatic heterocycles. The second kappa shape index (κ2) is 14.2. The van der Waals surface area contributed by atoms with Crippen LogP contribution in [0.4, 0.5) is 10.5 Å². The van der Waals surface area contributed by atoms with E-state index in [1.165, 1.54) is 4.90 Å². The average molecular weight is 522 g/mol. The zero-order chi connectivity index (χ0) is 28.3. The first-order valence-corrected chi connectivity index (χ1v) is 12.8. The highest BCUT2D eigenvalue weighted by Crippen LogP contribution is 2.28. The van der Waals surface area contributed by atoms with E-state index in [1.807, 2.05) is 32.0 Å². The molecule has 0 aliphatic carbocycles. The molecular weight excluding hydrogens is 482 g/mol. The molecule has 0 saturated carbocycles. The highest BCUT2D eigenvalue weighted by Gasteiger charge is 2.37. The van der Waals surface area contributed by atoms with E-state index in [0.717, 1.165) is 18.4 Å². The molecule has 2 atom stereocenters. The van der Waals surface area contributed by atoms with Gasteiger partial charge in [-0.1, -0.05) is 62.1 Å². The molecule has 8 heteroatoms. The summed E-state index contributed by atoms with van der Waals surface area (Å²) < 4.78 is 5.28. The number of carbonyl (C=O) groups excluding carboxylic acids is 3. The van der Waals surface area contributed by atoms with Gasteiger partial charge in [0.15, 0.2) is 0 Å². The Morgan fingerprint density at radius 3 is 2.34 bits per heavy atom. The Morgan fingerprint density at radius 1 is 1.08 bits per heavy atom. The number of carbonyl (C=O) groups is 3. The summed E-state index contributed by atoms with van der Waals surface area (Å²) in [7, 11) is 0. The van der Waals surface area contributed by atoms with Gasteiger partial charge >= 0.3 is 6.09 Å². The van der Waals surface area contributed by atoms with Crippen LogP contribution < -0.4 is 10.6 Å². The Hall–Kier alpha value is -3.83. The Labute approximate surface area is 225 Å². The van der Waals surface area contributed by atoms with E-state index in [9.17, 15) is 19.5 Å². The van der Waals surface area contributed by atoms with Gasteiger partial charge in [0.2, 0.25) is 5.91 Å². The van der Waals surface area contributed by atoms with Crippen LogP contribution >= 0.6 is 0 Å². The molecule has 3 N–H and O–H groups in total. The Balaban J connectivity index is 2.55. The number of aliphatic hydroxyl groups excluding tert-OH is 1. The molecule has 0 spiro atoms. The van der Waals surface area contributed by atoms with Crippen LogP contribution in [0.5, 0.6) is 0 Å². The van der Waals surface area contributed by atoms with Crippen LogP contribution in [0, 0.1) is 19.3 Å². The third-order valence-electron chi connectivity index (χ3n) is 5.83. The maximum absolute atomic E-state index is 13.9. The molecule has 0 aliphatic rings. The highest BCUT2D eigenvalue weighted by molar-refractivity contribution is 5.99. The van der Waals surface area contributed by atoms with E-state index in [4.69, 9.17) is 11.2 Å². The maximum Gasteiger partial charge on any atom is 0.408 e. The van der Waals surface area contributed by atoms with Crippen molar-refractivity contribution in [3.63, 3.8) is 0 Å². The number of amides is 3. The number of unbranched alkanes of at least 4 members (excludes halogenated alkanes) is 2. The molecule has 2 aromatic carbocycles. The number of nitrogens with one attached hydrogen (secondary N) is 2. The smallest absolute Gasteiger partial charge is 0.408 e. The predicted molar refractivity (Wildman–Crippen MR) is 148 cm³/mol. The number of rotatable bonds is 11. The Morgan fingerprint density at radius 2 is 1.74 bits per heavy atom. The topological polar surface area (TPSA) is 108 Å². The lowest BCUT2D eigenvalue weighted by Gasteiger charge is -2.34. The number of benzene rings is 2. The van der Waals surface area contributed by atoms with Gasteiger partial charge in [-0.3, -0.25) is 9.59 Å². The number of alkyl carbamates (subject to hydrolysis) is 1. The lowest BCUT2D eigenvalue weighted by atomic mass is 9.97. The summed E-state index contributed by atoms with van der Waals surface area (Å²) in [6.07, 6.45) is 7.25. The molecule has 204 valence electrons. The first kappa shape index (κ1) is 30.4. The molecule has 0 bridgehead atoms. The normalized spacial score (nSPS) is 12.6. The van der Waals surface area contributed by atoms with Crippen molar-refractivity contribution in [2.24, 2.45) is 0 Å². The van der Waals surface area contributed by atoms with Gasteiger partial charge < -0.3 is 25.4 Å². The van der Waals surface area contributed by atoms with E-state index in [0.29, 0.717) is 23.2 Å². The number of terminal acetylenes is 1. The summed E-state index contributed by atoms with van der Waals surface area (Å²) in [6, 6.07) is 11.8. The lowest BCUT2D eigenvalue weighted by Crippen LogP contribution is -2.54. The van der Waals surface area contributed by atoms with Crippen LogP contribution in [-0.2, 0) is 14.3 Å². The van der Waals surface area contributed by atoms with Crippen LogP contribution in [0.1, 0.15) is 69.7 Å². The second-order valence-corrected chi connectivity index (χ2v) is 10.1. The molecule has 2 rings (SSSR count). The van der Waals surface area contributed by atoms with Crippen molar-refractivity contribution in [3.8, 4) is 12.3 Å². The molecule has 0 heterocycles. The van der Waals surface area contributed by atoms with E-state index < -0.39 is 42.2 Å². The van der Waals surface area contributed by atoms with Crippen LogP contribution in [0.15, 0.2) is 48.5 Å². The van der Waals surface area contributed by atoms with Gasteiger partial charge in [-0.2, -0.15) is 0 Å². The van der Waals surface area contributed by atoms with Crippen LogP contribution in [0.25, 0.3) is 0 Å². The summed E-state index contributed by atoms with van der Waals surface area (Å²) >= 11 is 0. The van der Waals surface area contributed by atoms with Gasteiger partial charge in [-0.25, -0.2) is 4.79 Å². The minimum absolute atomic E-state index is 0.212. The summed E-state index contributed by atoms with van der Waals surface area (Å²) in [5, 5.41) is 15.5. The van der Waals surface area contributed by atoms with Gasteiger partial charge in [0.05, 0.1) is 6.61 Å². The molecule has 0 radical (unpaired) electrons. The molecule has 0 aliphatic heterocycles. The quantitative estimate of drug-likeness (QED) is 0.297. The summed E-state index contributed by atoms with van der Waals surface area (Å²) in [5.74, 6) is 1.53. The summed E-state index contributed by atoms with van der Waals surface area (Å²) in [5.41, 5.74) is 1.60. The minimum atomic E-state index is -1.32. The van der Waals surface area contributed by atoms with Gasteiger partial charge in [-0.05, 0) is 57.4 Å². The van der Waals surface area contributed by atoms with Crippen molar-refractivity contribution < 1.29 is 24.2 Å². The molecule has 0 saturated heterocycles. The number of hydrogen-bond donors (Lipinski definition) is 3. The summed E-state index contributed by atoms with van der Waals surface area (Å²) in [4.78, 5) is 41.6. The third-order valence-corrected chi connectivity index (χ3v) is 5.83. The van der Waals surface area contributed by atoms with Crippen molar-refractivity contribution in [1.29, 1.82) is 0 Å². The fourth-order valence-electron chi connectivity index (χ4n) is 3.97. The molecule has 0 fully saturated rings. The Bertz CT molecular complexity index is 1150. The Kier molecular flexibility index (Phi) is 11.4. The number of anilines is 1.